The molecule has 0 aliphatic carbocycles. The SMILES string of the molecule is CO[C@@H]1CN(c2ccc(Cl)c(C#N)n2)C[C@H]1c1cn(C)nn1. The molecular weight excluding hydrogens is 304 g/mol. The molecule has 1 aliphatic rings. The second kappa shape index (κ2) is 5.91. The Balaban J connectivity index is 1.87. The molecular formula is C14H15ClN6O. The largest absolute Gasteiger partial charge is 0.379 e. The lowest BCUT2D eigenvalue weighted by Crippen LogP contribution is -2.23. The number of nitrogens with zero attached hydrogens (tertiary/aromatic N) is 6. The van der Waals surface area contributed by atoms with Crippen molar-refractivity contribution in [1.29, 1.82) is 5.26 Å². The van der Waals surface area contributed by atoms with E-state index in [2.05, 4.69) is 20.2 Å². The zero-order valence-corrected chi connectivity index (χ0v) is 13.0. The van der Waals surface area contributed by atoms with Crippen molar-refractivity contribution in [3.8, 4) is 6.07 Å². The molecule has 1 aliphatic heterocycles. The molecule has 0 spiro atoms. The first-order valence-corrected chi connectivity index (χ1v) is 7.20. The number of aryl methyl sites for hydroxylation is 1. The van der Waals surface area contributed by atoms with Gasteiger partial charge >= 0.3 is 0 Å². The molecule has 0 bridgehead atoms. The lowest BCUT2D eigenvalue weighted by molar-refractivity contribution is 0.105. The smallest absolute Gasteiger partial charge is 0.161 e. The molecule has 0 amide bonds. The first-order chi connectivity index (χ1) is 10.6. The summed E-state index contributed by atoms with van der Waals surface area (Å²) in [6.45, 7) is 1.38. The first kappa shape index (κ1) is 14.8. The molecule has 0 unspecified atom stereocenters. The Morgan fingerprint density at radius 2 is 2.23 bits per heavy atom. The van der Waals surface area contributed by atoms with E-state index in [-0.39, 0.29) is 17.7 Å². The zero-order valence-electron chi connectivity index (χ0n) is 12.3. The molecule has 1 saturated heterocycles. The van der Waals surface area contributed by atoms with Crippen LogP contribution in [0.5, 0.6) is 0 Å². The minimum atomic E-state index is -0.000265. The van der Waals surface area contributed by atoms with Crippen molar-refractivity contribution < 1.29 is 4.74 Å². The molecule has 8 heteroatoms. The summed E-state index contributed by atoms with van der Waals surface area (Å²) >= 11 is 5.94. The number of methoxy groups -OCH3 is 1. The molecule has 22 heavy (non-hydrogen) atoms. The van der Waals surface area contributed by atoms with Crippen molar-refractivity contribution in [2.24, 2.45) is 7.05 Å². The van der Waals surface area contributed by atoms with Crippen LogP contribution >= 0.6 is 11.6 Å². The van der Waals surface area contributed by atoms with Gasteiger partial charge in [-0.2, -0.15) is 5.26 Å². The fraction of sp³-hybridized carbons (Fsp3) is 0.429. The summed E-state index contributed by atoms with van der Waals surface area (Å²) in [6, 6.07) is 5.51. The Labute approximate surface area is 133 Å². The van der Waals surface area contributed by atoms with Crippen molar-refractivity contribution in [3.63, 3.8) is 0 Å². The van der Waals surface area contributed by atoms with E-state index in [1.807, 2.05) is 25.4 Å². The summed E-state index contributed by atoms with van der Waals surface area (Å²) in [5.74, 6) is 0.830. The Hall–Kier alpha value is -2.17. The van der Waals surface area contributed by atoms with Gasteiger partial charge < -0.3 is 9.64 Å². The van der Waals surface area contributed by atoms with Crippen molar-refractivity contribution in [2.45, 2.75) is 12.0 Å². The second-order valence-electron chi connectivity index (χ2n) is 5.21. The van der Waals surface area contributed by atoms with E-state index < -0.39 is 0 Å². The minimum absolute atomic E-state index is 0.000265. The molecule has 0 saturated carbocycles. The fourth-order valence-electron chi connectivity index (χ4n) is 2.71. The van der Waals surface area contributed by atoms with Gasteiger partial charge in [-0.1, -0.05) is 16.8 Å². The third-order valence-electron chi connectivity index (χ3n) is 3.83. The number of halogens is 1. The van der Waals surface area contributed by atoms with Gasteiger partial charge in [-0.3, -0.25) is 4.68 Å². The summed E-state index contributed by atoms with van der Waals surface area (Å²) in [5.41, 5.74) is 1.13. The molecule has 1 fully saturated rings. The van der Waals surface area contributed by atoms with Crippen LogP contribution in [-0.2, 0) is 11.8 Å². The van der Waals surface area contributed by atoms with Crippen LogP contribution in [0, 0.1) is 11.3 Å². The average Bonchev–Trinajstić information content (AvgIpc) is 3.13. The standard InChI is InChI=1S/C14H15ClN6O/c1-20-7-12(18-19-20)9-6-21(8-13(9)22-2)14-4-3-10(15)11(5-16)17-14/h3-4,7,9,13H,6,8H2,1-2H3/t9-,13+/m0/s1. The summed E-state index contributed by atoms with van der Waals surface area (Å²) in [6.07, 6.45) is 1.90. The lowest BCUT2D eigenvalue weighted by Gasteiger charge is -2.17. The van der Waals surface area contributed by atoms with E-state index in [1.165, 1.54) is 0 Å². The predicted octanol–water partition coefficient (Wildman–Crippen LogP) is 1.35. The van der Waals surface area contributed by atoms with Crippen LogP contribution < -0.4 is 4.90 Å². The molecule has 3 heterocycles. The molecule has 7 nitrogen and oxygen atoms in total. The third kappa shape index (κ3) is 2.63. The number of rotatable bonds is 3. The van der Waals surface area contributed by atoms with Crippen LogP contribution in [0.4, 0.5) is 5.82 Å². The van der Waals surface area contributed by atoms with Crippen LogP contribution in [0.25, 0.3) is 0 Å². The zero-order chi connectivity index (χ0) is 15.7. The summed E-state index contributed by atoms with van der Waals surface area (Å²) in [5, 5.41) is 17.6. The van der Waals surface area contributed by atoms with Crippen molar-refractivity contribution >= 4 is 17.4 Å². The maximum atomic E-state index is 9.06. The van der Waals surface area contributed by atoms with Gasteiger partial charge in [-0.05, 0) is 12.1 Å². The van der Waals surface area contributed by atoms with Gasteiger partial charge in [0.25, 0.3) is 0 Å². The van der Waals surface area contributed by atoms with Crippen LogP contribution in [0.1, 0.15) is 17.3 Å². The Morgan fingerprint density at radius 3 is 2.86 bits per heavy atom. The maximum Gasteiger partial charge on any atom is 0.161 e. The Morgan fingerprint density at radius 1 is 1.41 bits per heavy atom. The van der Waals surface area contributed by atoms with E-state index in [0.717, 1.165) is 11.5 Å². The van der Waals surface area contributed by atoms with Crippen molar-refractivity contribution in [2.75, 3.05) is 25.1 Å². The normalized spacial score (nSPS) is 21.1. The molecule has 0 radical (unpaired) electrons. The maximum absolute atomic E-state index is 9.06. The van der Waals surface area contributed by atoms with Crippen LogP contribution in [0.3, 0.4) is 0 Å². The first-order valence-electron chi connectivity index (χ1n) is 6.83. The summed E-state index contributed by atoms with van der Waals surface area (Å²) in [7, 11) is 3.53. The molecule has 3 rings (SSSR count). The monoisotopic (exact) mass is 318 g/mol. The number of hydrogen-bond acceptors (Lipinski definition) is 6. The summed E-state index contributed by atoms with van der Waals surface area (Å²) < 4.78 is 7.26. The second-order valence-corrected chi connectivity index (χ2v) is 5.62. The lowest BCUT2D eigenvalue weighted by atomic mass is 10.0. The number of nitriles is 1. The fourth-order valence-corrected chi connectivity index (χ4v) is 2.85. The highest BCUT2D eigenvalue weighted by Crippen LogP contribution is 2.31. The van der Waals surface area contributed by atoms with Crippen molar-refractivity contribution in [3.05, 3.63) is 34.7 Å². The average molecular weight is 319 g/mol. The van der Waals surface area contributed by atoms with E-state index in [9.17, 15) is 0 Å². The number of hydrogen-bond donors (Lipinski definition) is 0. The molecule has 0 N–H and O–H groups in total. The minimum Gasteiger partial charge on any atom is -0.379 e. The van der Waals surface area contributed by atoms with Crippen LogP contribution in [0.15, 0.2) is 18.3 Å². The van der Waals surface area contributed by atoms with Crippen LogP contribution in [0.2, 0.25) is 5.02 Å². The van der Waals surface area contributed by atoms with Gasteiger partial charge in [0.05, 0.1) is 22.7 Å². The van der Waals surface area contributed by atoms with E-state index in [4.69, 9.17) is 21.6 Å². The van der Waals surface area contributed by atoms with Crippen molar-refractivity contribution in [1.82, 2.24) is 20.0 Å². The van der Waals surface area contributed by atoms with E-state index in [1.54, 1.807) is 17.9 Å². The molecule has 2 aromatic heterocycles. The number of aromatic nitrogens is 4. The Kier molecular flexibility index (Phi) is 3.96. The highest BCUT2D eigenvalue weighted by atomic mass is 35.5. The van der Waals surface area contributed by atoms with Gasteiger partial charge in [-0.15, -0.1) is 5.10 Å². The predicted molar refractivity (Wildman–Crippen MR) is 80.7 cm³/mol. The molecule has 2 atom stereocenters. The Bertz CT molecular complexity index is 724. The third-order valence-corrected chi connectivity index (χ3v) is 4.14. The topological polar surface area (TPSA) is 79.9 Å². The molecule has 0 aromatic carbocycles. The van der Waals surface area contributed by atoms with E-state index in [0.29, 0.717) is 18.1 Å². The molecule has 114 valence electrons. The molecule has 2 aromatic rings. The highest BCUT2D eigenvalue weighted by molar-refractivity contribution is 6.31. The number of anilines is 1. The van der Waals surface area contributed by atoms with Gasteiger partial charge in [0, 0.05) is 33.4 Å². The summed E-state index contributed by atoms with van der Waals surface area (Å²) in [4.78, 5) is 6.39. The number of ether oxygens (including phenoxy) is 1. The van der Waals surface area contributed by atoms with Gasteiger partial charge in [0.1, 0.15) is 11.9 Å². The quantitative estimate of drug-likeness (QED) is 0.850. The van der Waals surface area contributed by atoms with Gasteiger partial charge in [0.2, 0.25) is 0 Å². The highest BCUT2D eigenvalue weighted by Gasteiger charge is 2.36. The van der Waals surface area contributed by atoms with Gasteiger partial charge in [-0.25, -0.2) is 4.98 Å². The van der Waals surface area contributed by atoms with Gasteiger partial charge in [0.15, 0.2) is 5.69 Å². The number of pyridine rings is 1. The van der Waals surface area contributed by atoms with E-state index >= 15 is 0 Å². The van der Waals surface area contributed by atoms with Crippen LogP contribution in [-0.4, -0.2) is 46.3 Å².